The third-order valence-corrected chi connectivity index (χ3v) is 4.68. The van der Waals surface area contributed by atoms with E-state index in [1.165, 1.54) is 0 Å². The predicted molar refractivity (Wildman–Crippen MR) is 105 cm³/mol. The highest BCUT2D eigenvalue weighted by molar-refractivity contribution is 6.09. The van der Waals surface area contributed by atoms with E-state index in [9.17, 15) is 9.59 Å². The molecule has 0 aliphatic rings. The Bertz CT molecular complexity index is 1250. The van der Waals surface area contributed by atoms with E-state index >= 15 is 0 Å². The number of hydrogen-bond donors (Lipinski definition) is 0. The van der Waals surface area contributed by atoms with Crippen molar-refractivity contribution in [1.29, 1.82) is 5.26 Å². The van der Waals surface area contributed by atoms with Gasteiger partial charge in [0, 0.05) is 34.6 Å². The quantitative estimate of drug-likeness (QED) is 0.354. The summed E-state index contributed by atoms with van der Waals surface area (Å²) in [6.07, 6.45) is 1.98. The molecule has 7 nitrogen and oxygen atoms in total. The molecule has 0 spiro atoms. The number of ether oxygens (including phenoxy) is 1. The van der Waals surface area contributed by atoms with Crippen LogP contribution in [0.3, 0.4) is 0 Å². The van der Waals surface area contributed by atoms with Gasteiger partial charge in [0.1, 0.15) is 5.69 Å². The second kappa shape index (κ2) is 7.98. The molecule has 0 radical (unpaired) electrons. The van der Waals surface area contributed by atoms with Crippen molar-refractivity contribution in [2.24, 2.45) is 0 Å². The van der Waals surface area contributed by atoms with Gasteiger partial charge in [-0.15, -0.1) is 0 Å². The third kappa shape index (κ3) is 3.73. The maximum Gasteiger partial charge on any atom is 0.312 e. The van der Waals surface area contributed by atoms with Gasteiger partial charge in [-0.25, -0.2) is 0 Å². The fourth-order valence-corrected chi connectivity index (χ4v) is 3.30. The van der Waals surface area contributed by atoms with E-state index in [0.717, 1.165) is 16.3 Å². The summed E-state index contributed by atoms with van der Waals surface area (Å²) < 4.78 is 12.2. The summed E-state index contributed by atoms with van der Waals surface area (Å²) in [6.45, 7) is 0.129. The minimum absolute atomic E-state index is 0.0752. The maximum atomic E-state index is 12.7. The lowest BCUT2D eigenvalue weighted by atomic mass is 10.1. The van der Waals surface area contributed by atoms with Crippen molar-refractivity contribution in [3.8, 4) is 6.07 Å². The molecule has 0 aliphatic carbocycles. The fourth-order valence-electron chi connectivity index (χ4n) is 3.30. The number of para-hydroxylation sites is 2. The summed E-state index contributed by atoms with van der Waals surface area (Å²) in [5.41, 5.74) is 2.41. The van der Waals surface area contributed by atoms with E-state index in [4.69, 9.17) is 14.5 Å². The molecule has 0 unspecified atom stereocenters. The minimum Gasteiger partial charge on any atom is -0.457 e. The first-order valence-electron chi connectivity index (χ1n) is 9.14. The number of nitrogens with zero attached hydrogens (tertiary/aromatic N) is 3. The van der Waals surface area contributed by atoms with Gasteiger partial charge in [-0.1, -0.05) is 35.5 Å². The second-order valence-corrected chi connectivity index (χ2v) is 6.55. The SMILES string of the molecule is N#CCCn1cc(C(=O)COC(=O)Cc2noc3ccccc23)c2ccccc21. The number of nitriles is 1. The van der Waals surface area contributed by atoms with Gasteiger partial charge in [-0.2, -0.15) is 5.26 Å². The highest BCUT2D eigenvalue weighted by Gasteiger charge is 2.18. The fraction of sp³-hybridized carbons (Fsp3) is 0.182. The van der Waals surface area contributed by atoms with Crippen LogP contribution in [-0.4, -0.2) is 28.1 Å². The Kier molecular flexibility index (Phi) is 5.08. The molecule has 0 saturated heterocycles. The molecule has 29 heavy (non-hydrogen) atoms. The normalized spacial score (nSPS) is 10.9. The number of Topliss-reactive ketones (excluding diaryl/α,β-unsaturated/α-hetero) is 1. The van der Waals surface area contributed by atoms with Crippen LogP contribution in [0.2, 0.25) is 0 Å². The molecule has 2 aromatic carbocycles. The van der Waals surface area contributed by atoms with Crippen LogP contribution in [0.1, 0.15) is 22.5 Å². The van der Waals surface area contributed by atoms with E-state index in [1.807, 2.05) is 47.0 Å². The number of ketones is 1. The van der Waals surface area contributed by atoms with E-state index in [2.05, 4.69) is 11.2 Å². The number of fused-ring (bicyclic) bond motifs is 2. The van der Waals surface area contributed by atoms with Gasteiger partial charge >= 0.3 is 5.97 Å². The summed E-state index contributed by atoms with van der Waals surface area (Å²) in [5, 5.41) is 14.3. The molecule has 0 saturated carbocycles. The number of aromatic nitrogens is 2. The molecule has 0 amide bonds. The highest BCUT2D eigenvalue weighted by Crippen LogP contribution is 2.23. The lowest BCUT2D eigenvalue weighted by Gasteiger charge is -2.03. The first-order valence-corrected chi connectivity index (χ1v) is 9.14. The number of rotatable bonds is 7. The molecule has 0 fully saturated rings. The largest absolute Gasteiger partial charge is 0.457 e. The van der Waals surface area contributed by atoms with Gasteiger partial charge in [0.15, 0.2) is 12.2 Å². The third-order valence-electron chi connectivity index (χ3n) is 4.68. The number of carbonyl (C=O) groups is 2. The van der Waals surface area contributed by atoms with Crippen LogP contribution in [-0.2, 0) is 22.5 Å². The predicted octanol–water partition coefficient (Wildman–Crippen LogP) is 3.66. The molecular weight excluding hydrogens is 370 g/mol. The summed E-state index contributed by atoms with van der Waals surface area (Å²) in [7, 11) is 0. The summed E-state index contributed by atoms with van der Waals surface area (Å²) in [4.78, 5) is 24.9. The molecule has 2 heterocycles. The number of benzene rings is 2. The van der Waals surface area contributed by atoms with Crippen LogP contribution in [0.4, 0.5) is 0 Å². The monoisotopic (exact) mass is 387 g/mol. The van der Waals surface area contributed by atoms with Crippen molar-refractivity contribution in [3.05, 3.63) is 66.0 Å². The zero-order chi connectivity index (χ0) is 20.2. The highest BCUT2D eigenvalue weighted by atomic mass is 16.5. The lowest BCUT2D eigenvalue weighted by molar-refractivity contribution is -0.141. The summed E-state index contributed by atoms with van der Waals surface area (Å²) in [6, 6.07) is 16.8. The van der Waals surface area contributed by atoms with Crippen molar-refractivity contribution in [3.63, 3.8) is 0 Å². The minimum atomic E-state index is -0.550. The molecule has 7 heteroatoms. The van der Waals surface area contributed by atoms with Gasteiger partial charge in [-0.3, -0.25) is 9.59 Å². The summed E-state index contributed by atoms with van der Waals surface area (Å²) in [5.74, 6) is -0.846. The number of aryl methyl sites for hydroxylation is 1. The van der Waals surface area contributed by atoms with Crippen LogP contribution < -0.4 is 0 Å². The van der Waals surface area contributed by atoms with Gasteiger partial charge < -0.3 is 13.8 Å². The number of esters is 1. The molecule has 0 aliphatic heterocycles. The van der Waals surface area contributed by atoms with Crippen LogP contribution >= 0.6 is 0 Å². The van der Waals surface area contributed by atoms with E-state index in [0.29, 0.717) is 29.8 Å². The van der Waals surface area contributed by atoms with Crippen molar-refractivity contribution in [2.45, 2.75) is 19.4 Å². The lowest BCUT2D eigenvalue weighted by Crippen LogP contribution is -2.15. The molecule has 0 atom stereocenters. The summed E-state index contributed by atoms with van der Waals surface area (Å²) >= 11 is 0. The van der Waals surface area contributed by atoms with Gasteiger partial charge in [0.25, 0.3) is 0 Å². The average molecular weight is 387 g/mol. The van der Waals surface area contributed by atoms with E-state index in [1.54, 1.807) is 12.3 Å². The van der Waals surface area contributed by atoms with Crippen LogP contribution in [0.15, 0.2) is 59.3 Å². The van der Waals surface area contributed by atoms with E-state index in [-0.39, 0.29) is 18.8 Å². The Morgan fingerprint density at radius 3 is 2.69 bits per heavy atom. The first kappa shape index (κ1) is 18.4. The molecule has 0 N–H and O–H groups in total. The Hall–Kier alpha value is -3.92. The standard InChI is InChI=1S/C22H17N3O4/c23-10-5-11-25-13-17(15-6-1-3-8-19(15)25)20(26)14-28-22(27)12-18-16-7-2-4-9-21(16)29-24-18/h1-4,6-9,13H,5,11-12,14H2. The number of hydrogen-bond acceptors (Lipinski definition) is 6. The van der Waals surface area contributed by atoms with Crippen LogP contribution in [0.5, 0.6) is 0 Å². The topological polar surface area (TPSA) is 98.1 Å². The zero-order valence-electron chi connectivity index (χ0n) is 15.5. The average Bonchev–Trinajstić information content (AvgIpc) is 3.32. The van der Waals surface area contributed by atoms with Crippen molar-refractivity contribution >= 4 is 33.6 Å². The maximum absolute atomic E-state index is 12.7. The smallest absolute Gasteiger partial charge is 0.312 e. The van der Waals surface area contributed by atoms with E-state index < -0.39 is 5.97 Å². The van der Waals surface area contributed by atoms with Gasteiger partial charge in [0.05, 0.1) is 18.9 Å². The van der Waals surface area contributed by atoms with Gasteiger partial charge in [-0.05, 0) is 18.2 Å². The van der Waals surface area contributed by atoms with Gasteiger partial charge in [0.2, 0.25) is 5.78 Å². The van der Waals surface area contributed by atoms with Crippen molar-refractivity contribution in [2.75, 3.05) is 6.61 Å². The molecular formula is C22H17N3O4. The second-order valence-electron chi connectivity index (χ2n) is 6.55. The Balaban J connectivity index is 1.46. The first-order chi connectivity index (χ1) is 14.2. The Labute approximate surface area is 166 Å². The molecule has 2 aromatic heterocycles. The molecule has 144 valence electrons. The van der Waals surface area contributed by atoms with Crippen molar-refractivity contribution < 1.29 is 18.8 Å². The number of carbonyl (C=O) groups excluding carboxylic acids is 2. The molecule has 0 bridgehead atoms. The molecule has 4 rings (SSSR count). The van der Waals surface area contributed by atoms with Crippen molar-refractivity contribution in [1.82, 2.24) is 9.72 Å². The Morgan fingerprint density at radius 2 is 1.86 bits per heavy atom. The molecule has 4 aromatic rings. The Morgan fingerprint density at radius 1 is 1.10 bits per heavy atom. The van der Waals surface area contributed by atoms with Crippen LogP contribution in [0, 0.1) is 11.3 Å². The zero-order valence-corrected chi connectivity index (χ0v) is 15.5. The van der Waals surface area contributed by atoms with Crippen LogP contribution in [0.25, 0.3) is 21.9 Å².